The molecule has 4 rings (SSSR count). The van der Waals surface area contributed by atoms with Crippen LogP contribution in [0.5, 0.6) is 0 Å². The Kier molecular flexibility index (Phi) is 3.74. The minimum Gasteiger partial charge on any atom is -0.346 e. The second-order valence-electron chi connectivity index (χ2n) is 6.95. The van der Waals surface area contributed by atoms with Gasteiger partial charge in [-0.05, 0) is 36.6 Å². The zero-order valence-electron chi connectivity index (χ0n) is 14.7. The number of para-hydroxylation sites is 1. The normalized spacial score (nSPS) is 18.4. The van der Waals surface area contributed by atoms with Crippen molar-refractivity contribution in [2.24, 2.45) is 7.05 Å². The van der Waals surface area contributed by atoms with E-state index in [2.05, 4.69) is 23.6 Å². The predicted molar refractivity (Wildman–Crippen MR) is 100 cm³/mol. The smallest absolute Gasteiger partial charge is 0.243 e. The van der Waals surface area contributed by atoms with Crippen LogP contribution >= 0.6 is 0 Å². The van der Waals surface area contributed by atoms with Crippen LogP contribution in [0.15, 0.2) is 53.4 Å². The van der Waals surface area contributed by atoms with Crippen LogP contribution in [0.1, 0.15) is 29.7 Å². The van der Waals surface area contributed by atoms with Crippen LogP contribution in [0.3, 0.4) is 0 Å². The largest absolute Gasteiger partial charge is 0.346 e. The summed E-state index contributed by atoms with van der Waals surface area (Å²) in [4.78, 5) is 0.368. The maximum absolute atomic E-state index is 13.1. The average molecular weight is 354 g/mol. The van der Waals surface area contributed by atoms with Crippen LogP contribution in [0, 0.1) is 6.92 Å². The van der Waals surface area contributed by atoms with Gasteiger partial charge in [0.2, 0.25) is 10.0 Å². The first-order chi connectivity index (χ1) is 11.9. The summed E-state index contributed by atoms with van der Waals surface area (Å²) >= 11 is 0. The van der Waals surface area contributed by atoms with Crippen LogP contribution in [0.2, 0.25) is 0 Å². The highest BCUT2D eigenvalue weighted by Gasteiger charge is 2.34. The van der Waals surface area contributed by atoms with Gasteiger partial charge in [-0.1, -0.05) is 42.8 Å². The van der Waals surface area contributed by atoms with E-state index in [9.17, 15) is 8.42 Å². The Hall–Kier alpha value is -2.11. The lowest BCUT2D eigenvalue weighted by atomic mass is 9.95. The summed E-state index contributed by atoms with van der Waals surface area (Å²) in [6.45, 7) is 5.00. The molecule has 0 N–H and O–H groups in total. The minimum atomic E-state index is -3.49. The highest BCUT2D eigenvalue weighted by molar-refractivity contribution is 7.89. The molecule has 0 spiro atoms. The lowest BCUT2D eigenvalue weighted by Gasteiger charge is -2.31. The summed E-state index contributed by atoms with van der Waals surface area (Å²) < 4.78 is 29.9. The lowest BCUT2D eigenvalue weighted by Crippen LogP contribution is -2.38. The van der Waals surface area contributed by atoms with Crippen molar-refractivity contribution in [3.05, 3.63) is 65.4 Å². The monoisotopic (exact) mass is 354 g/mol. The van der Waals surface area contributed by atoms with E-state index < -0.39 is 10.0 Å². The van der Waals surface area contributed by atoms with Crippen LogP contribution in [-0.2, 0) is 23.6 Å². The molecule has 0 fully saturated rings. The predicted octanol–water partition coefficient (Wildman–Crippen LogP) is 3.79. The maximum Gasteiger partial charge on any atom is 0.243 e. The molecular formula is C20H22N2O2S. The number of rotatable bonds is 2. The molecule has 130 valence electrons. The number of hydrogen-bond donors (Lipinski definition) is 0. The number of benzene rings is 2. The summed E-state index contributed by atoms with van der Waals surface area (Å²) in [5.74, 6) is 0.162. The number of fused-ring (bicyclic) bond motifs is 3. The number of hydrogen-bond acceptors (Lipinski definition) is 2. The van der Waals surface area contributed by atoms with E-state index in [1.807, 2.05) is 38.2 Å². The fourth-order valence-corrected chi connectivity index (χ4v) is 5.38. The summed E-state index contributed by atoms with van der Waals surface area (Å²) in [7, 11) is -1.46. The number of aromatic nitrogens is 1. The first-order valence-electron chi connectivity index (χ1n) is 8.52. The van der Waals surface area contributed by atoms with Gasteiger partial charge < -0.3 is 4.57 Å². The molecule has 2 heterocycles. The molecule has 1 aliphatic heterocycles. The Labute approximate surface area is 148 Å². The van der Waals surface area contributed by atoms with E-state index >= 15 is 0 Å². The first kappa shape index (κ1) is 16.4. The average Bonchev–Trinajstić information content (AvgIpc) is 2.89. The number of nitrogens with zero attached hydrogens (tertiary/aromatic N) is 2. The van der Waals surface area contributed by atoms with Gasteiger partial charge in [0, 0.05) is 30.2 Å². The SMILES string of the molecule is Cc1ccc(S(=O)(=O)N2Cc3c(c4ccccc4n3C)C(C)C2)cc1. The van der Waals surface area contributed by atoms with Crippen LogP contribution < -0.4 is 0 Å². The number of aryl methyl sites for hydroxylation is 2. The van der Waals surface area contributed by atoms with Crippen LogP contribution in [-0.4, -0.2) is 23.8 Å². The second-order valence-corrected chi connectivity index (χ2v) is 8.89. The summed E-state index contributed by atoms with van der Waals surface area (Å²) in [5.41, 5.74) is 4.60. The van der Waals surface area contributed by atoms with Gasteiger partial charge in [-0.2, -0.15) is 4.31 Å². The summed E-state index contributed by atoms with van der Waals surface area (Å²) in [6, 6.07) is 15.4. The van der Waals surface area contributed by atoms with Crippen molar-refractivity contribution in [3.8, 4) is 0 Å². The van der Waals surface area contributed by atoms with Crippen LogP contribution in [0.4, 0.5) is 0 Å². The molecule has 0 radical (unpaired) electrons. The van der Waals surface area contributed by atoms with Gasteiger partial charge in [0.25, 0.3) is 0 Å². The third kappa shape index (κ3) is 2.50. The van der Waals surface area contributed by atoms with Crippen molar-refractivity contribution in [2.45, 2.75) is 31.2 Å². The zero-order valence-corrected chi connectivity index (χ0v) is 15.5. The van der Waals surface area contributed by atoms with E-state index in [1.165, 1.54) is 10.9 Å². The van der Waals surface area contributed by atoms with Crippen molar-refractivity contribution < 1.29 is 8.42 Å². The van der Waals surface area contributed by atoms with Crippen LogP contribution in [0.25, 0.3) is 10.9 Å². The second kappa shape index (κ2) is 5.71. The summed E-state index contributed by atoms with van der Waals surface area (Å²) in [6.07, 6.45) is 0. The lowest BCUT2D eigenvalue weighted by molar-refractivity contribution is 0.356. The molecule has 0 bridgehead atoms. The third-order valence-corrected chi connectivity index (χ3v) is 7.05. The van der Waals surface area contributed by atoms with Crippen molar-refractivity contribution >= 4 is 20.9 Å². The standard InChI is InChI=1S/C20H22N2O2S/c1-14-8-10-16(11-9-14)25(23,24)22-12-15(2)20-17-6-4-5-7-18(17)21(3)19(20)13-22/h4-11,15H,12-13H2,1-3H3. The van der Waals surface area contributed by atoms with E-state index in [0.717, 1.165) is 16.8 Å². The Morgan fingerprint density at radius 1 is 1.04 bits per heavy atom. The highest BCUT2D eigenvalue weighted by Crippen LogP contribution is 2.37. The molecule has 1 atom stereocenters. The van der Waals surface area contributed by atoms with Gasteiger partial charge in [0.15, 0.2) is 0 Å². The molecule has 2 aromatic carbocycles. The molecule has 3 aromatic rings. The van der Waals surface area contributed by atoms with Gasteiger partial charge >= 0.3 is 0 Å². The van der Waals surface area contributed by atoms with Crippen molar-refractivity contribution in [3.63, 3.8) is 0 Å². The van der Waals surface area contributed by atoms with Crippen molar-refractivity contribution in [1.82, 2.24) is 8.87 Å². The Morgan fingerprint density at radius 3 is 2.44 bits per heavy atom. The first-order valence-corrected chi connectivity index (χ1v) is 9.96. The fourth-order valence-electron chi connectivity index (χ4n) is 3.89. The Morgan fingerprint density at radius 2 is 1.72 bits per heavy atom. The molecule has 0 saturated carbocycles. The quantitative estimate of drug-likeness (QED) is 0.702. The third-order valence-electron chi connectivity index (χ3n) is 5.23. The molecular weight excluding hydrogens is 332 g/mol. The molecule has 1 aromatic heterocycles. The molecule has 25 heavy (non-hydrogen) atoms. The minimum absolute atomic E-state index is 0.162. The van der Waals surface area contributed by atoms with E-state index in [0.29, 0.717) is 18.0 Å². The van der Waals surface area contributed by atoms with E-state index in [4.69, 9.17) is 0 Å². The zero-order chi connectivity index (χ0) is 17.8. The molecule has 0 saturated heterocycles. The summed E-state index contributed by atoms with van der Waals surface area (Å²) in [5, 5.41) is 1.24. The van der Waals surface area contributed by atoms with Crippen molar-refractivity contribution in [2.75, 3.05) is 6.54 Å². The fraction of sp³-hybridized carbons (Fsp3) is 0.300. The molecule has 1 unspecified atom stereocenters. The highest BCUT2D eigenvalue weighted by atomic mass is 32.2. The Balaban J connectivity index is 1.80. The maximum atomic E-state index is 13.1. The molecule has 0 aliphatic carbocycles. The topological polar surface area (TPSA) is 42.3 Å². The molecule has 1 aliphatic rings. The molecule has 0 amide bonds. The van der Waals surface area contributed by atoms with E-state index in [-0.39, 0.29) is 5.92 Å². The van der Waals surface area contributed by atoms with Gasteiger partial charge in [-0.3, -0.25) is 0 Å². The van der Waals surface area contributed by atoms with E-state index in [1.54, 1.807) is 16.4 Å². The Bertz CT molecular complexity index is 1050. The van der Waals surface area contributed by atoms with Gasteiger partial charge in [-0.15, -0.1) is 0 Å². The van der Waals surface area contributed by atoms with Gasteiger partial charge in [0.1, 0.15) is 0 Å². The number of sulfonamides is 1. The van der Waals surface area contributed by atoms with Crippen molar-refractivity contribution in [1.29, 1.82) is 0 Å². The van der Waals surface area contributed by atoms with Gasteiger partial charge in [0.05, 0.1) is 11.4 Å². The van der Waals surface area contributed by atoms with Gasteiger partial charge in [-0.25, -0.2) is 8.42 Å². The molecule has 4 nitrogen and oxygen atoms in total. The molecule has 5 heteroatoms.